The number of nitrogens with zero attached hydrogens (tertiary/aromatic N) is 2. The number of rotatable bonds is 4. The molecule has 2 aromatic rings. The van der Waals surface area contributed by atoms with Gasteiger partial charge >= 0.3 is 0 Å². The van der Waals surface area contributed by atoms with Crippen molar-refractivity contribution < 1.29 is 22.4 Å². The van der Waals surface area contributed by atoms with E-state index in [-0.39, 0.29) is 46.6 Å². The maximum absolute atomic E-state index is 14.2. The molecule has 7 nitrogen and oxygen atoms in total. The number of piperidine rings is 1. The summed E-state index contributed by atoms with van der Waals surface area (Å²) in [5.41, 5.74) is 1.23. The van der Waals surface area contributed by atoms with Crippen molar-refractivity contribution in [1.29, 1.82) is 0 Å². The largest absolute Gasteiger partial charge is 0.341 e. The van der Waals surface area contributed by atoms with Gasteiger partial charge in [0, 0.05) is 12.5 Å². The molecule has 0 radical (unpaired) electrons. The van der Waals surface area contributed by atoms with Crippen molar-refractivity contribution in [3.05, 3.63) is 59.4 Å². The zero-order valence-corrected chi connectivity index (χ0v) is 21.0. The lowest BCUT2D eigenvalue weighted by Crippen LogP contribution is -2.68. The van der Waals surface area contributed by atoms with Gasteiger partial charge in [0.25, 0.3) is 10.0 Å². The highest BCUT2D eigenvalue weighted by Gasteiger charge is 2.68. The van der Waals surface area contributed by atoms with Crippen molar-refractivity contribution in [1.82, 2.24) is 4.90 Å². The number of Topliss-reactive ketones (excluding diaryl/α,β-unsaturated/α-hetero) is 1. The van der Waals surface area contributed by atoms with E-state index in [1.165, 1.54) is 18.2 Å². The maximum atomic E-state index is 14.2. The Morgan fingerprint density at radius 3 is 2.61 bits per heavy atom. The molecule has 188 valence electrons. The summed E-state index contributed by atoms with van der Waals surface area (Å²) in [5.74, 6) is -2.49. The summed E-state index contributed by atoms with van der Waals surface area (Å²) in [7, 11) is -4.08. The number of fused-ring (bicyclic) bond motifs is 6. The van der Waals surface area contributed by atoms with E-state index in [2.05, 4.69) is 9.71 Å². The number of nitrogens with one attached hydrogen (secondary N) is 1. The summed E-state index contributed by atoms with van der Waals surface area (Å²) in [6.07, 6.45) is 3.39. The molecule has 1 saturated heterocycles. The molecule has 2 saturated carbocycles. The number of anilines is 1. The number of likely N-dealkylation sites (tertiary alicyclic amines) is 1. The zero-order chi connectivity index (χ0) is 25.4. The zero-order valence-electron chi connectivity index (χ0n) is 20.2. The minimum atomic E-state index is -4.08. The van der Waals surface area contributed by atoms with Gasteiger partial charge in [-0.3, -0.25) is 9.59 Å². The van der Waals surface area contributed by atoms with Gasteiger partial charge in [-0.2, -0.15) is 8.42 Å². The molecule has 5 unspecified atom stereocenters. The van der Waals surface area contributed by atoms with Crippen LogP contribution in [0.5, 0.6) is 0 Å². The van der Waals surface area contributed by atoms with E-state index >= 15 is 0 Å². The van der Waals surface area contributed by atoms with Crippen LogP contribution in [-0.2, 0) is 26.2 Å². The highest BCUT2D eigenvalue weighted by molar-refractivity contribution is 7.90. The average Bonchev–Trinajstić information content (AvgIpc) is 3.44. The topological polar surface area (TPSA) is 95.9 Å². The maximum Gasteiger partial charge on any atom is 0.286 e. The van der Waals surface area contributed by atoms with Crippen LogP contribution < -0.4 is 5.32 Å². The van der Waals surface area contributed by atoms with Crippen LogP contribution in [-0.4, -0.2) is 36.4 Å². The van der Waals surface area contributed by atoms with E-state index in [0.29, 0.717) is 12.1 Å². The van der Waals surface area contributed by atoms with Crippen LogP contribution in [0, 0.1) is 36.4 Å². The molecule has 4 aliphatic rings. The molecule has 0 aromatic heterocycles. The van der Waals surface area contributed by atoms with Crippen molar-refractivity contribution in [3.63, 3.8) is 0 Å². The molecule has 6 rings (SSSR count). The SMILES string of the molecule is CCC12C3CCC(C3)C1C(=O)C(C1=NS(=O)(=O)c3cc(C)ccc3N1)C(=O)N2Cc1ccc(F)cc1. The van der Waals surface area contributed by atoms with Crippen molar-refractivity contribution in [2.45, 2.75) is 56.5 Å². The van der Waals surface area contributed by atoms with Crippen molar-refractivity contribution in [3.8, 4) is 0 Å². The lowest BCUT2D eigenvalue weighted by molar-refractivity contribution is -0.164. The smallest absolute Gasteiger partial charge is 0.286 e. The van der Waals surface area contributed by atoms with Crippen LogP contribution >= 0.6 is 0 Å². The number of halogens is 1. The van der Waals surface area contributed by atoms with Gasteiger partial charge in [0.1, 0.15) is 16.5 Å². The third-order valence-corrected chi connectivity index (χ3v) is 10.1. The number of ketones is 1. The van der Waals surface area contributed by atoms with E-state index in [9.17, 15) is 22.4 Å². The first kappa shape index (κ1) is 23.3. The van der Waals surface area contributed by atoms with Gasteiger partial charge in [-0.15, -0.1) is 4.40 Å². The van der Waals surface area contributed by atoms with Crippen LogP contribution in [0.1, 0.15) is 43.7 Å². The predicted molar refractivity (Wildman–Crippen MR) is 132 cm³/mol. The Bertz CT molecular complexity index is 1420. The number of amides is 1. The van der Waals surface area contributed by atoms with Gasteiger partial charge < -0.3 is 10.2 Å². The fourth-order valence-electron chi connectivity index (χ4n) is 7.32. The first-order valence-corrected chi connectivity index (χ1v) is 13.9. The number of aryl methyl sites for hydroxylation is 1. The van der Waals surface area contributed by atoms with E-state index in [4.69, 9.17) is 0 Å². The monoisotopic (exact) mass is 509 g/mol. The van der Waals surface area contributed by atoms with Gasteiger partial charge in [-0.25, -0.2) is 4.39 Å². The average molecular weight is 510 g/mol. The molecule has 36 heavy (non-hydrogen) atoms. The van der Waals surface area contributed by atoms with Crippen molar-refractivity contribution >= 4 is 33.2 Å². The molecule has 2 aliphatic carbocycles. The Labute approximate surface area is 209 Å². The van der Waals surface area contributed by atoms with Crippen molar-refractivity contribution in [2.75, 3.05) is 5.32 Å². The minimum Gasteiger partial charge on any atom is -0.341 e. The molecule has 2 aromatic carbocycles. The van der Waals surface area contributed by atoms with Crippen LogP contribution in [0.25, 0.3) is 0 Å². The van der Waals surface area contributed by atoms with Gasteiger partial charge in [0.05, 0.1) is 11.2 Å². The second-order valence-corrected chi connectivity index (χ2v) is 12.1. The summed E-state index contributed by atoms with van der Waals surface area (Å²) in [6, 6.07) is 11.0. The van der Waals surface area contributed by atoms with Gasteiger partial charge in [-0.1, -0.05) is 25.1 Å². The number of hydrogen-bond donors (Lipinski definition) is 1. The van der Waals surface area contributed by atoms with Crippen LogP contribution in [0.15, 0.2) is 51.8 Å². The number of carbonyl (C=O) groups excluding carboxylic acids is 2. The lowest BCUT2D eigenvalue weighted by atomic mass is 9.63. The normalized spacial score (nSPS) is 32.1. The molecule has 2 bridgehead atoms. The van der Waals surface area contributed by atoms with E-state index < -0.39 is 27.4 Å². The lowest BCUT2D eigenvalue weighted by Gasteiger charge is -2.55. The summed E-state index contributed by atoms with van der Waals surface area (Å²) in [5, 5.41) is 3.01. The molecule has 1 N–H and O–H groups in total. The van der Waals surface area contributed by atoms with Gasteiger partial charge in [-0.05, 0) is 79.8 Å². The number of carbonyl (C=O) groups is 2. The second kappa shape index (κ2) is 7.96. The Hall–Kier alpha value is -3.07. The Morgan fingerprint density at radius 1 is 1.14 bits per heavy atom. The molecule has 2 heterocycles. The third kappa shape index (κ3) is 3.21. The fourth-order valence-corrected chi connectivity index (χ4v) is 8.56. The number of sulfonamides is 1. The summed E-state index contributed by atoms with van der Waals surface area (Å²) >= 11 is 0. The van der Waals surface area contributed by atoms with Crippen LogP contribution in [0.3, 0.4) is 0 Å². The Kier molecular flexibility index (Phi) is 5.16. The Morgan fingerprint density at radius 2 is 1.89 bits per heavy atom. The standard InChI is InChI=1S/C27H28FN3O4S/c1-3-27-18-8-7-17(13-18)23(27)24(32)22(26(33)31(27)14-16-5-9-19(28)10-6-16)25-29-20-11-4-15(2)12-21(20)36(34,35)30-25/h4-6,9-12,17-18,22-23H,3,7-8,13-14H2,1-2H3,(H,29,30). The van der Waals surface area contributed by atoms with E-state index in [1.807, 2.05) is 6.92 Å². The summed E-state index contributed by atoms with van der Waals surface area (Å²) in [4.78, 5) is 30.1. The first-order valence-electron chi connectivity index (χ1n) is 12.5. The number of hydrogen-bond acceptors (Lipinski definition) is 5. The highest BCUT2D eigenvalue weighted by Crippen LogP contribution is 2.61. The highest BCUT2D eigenvalue weighted by atomic mass is 32.2. The molecule has 5 atom stereocenters. The van der Waals surface area contributed by atoms with Gasteiger partial charge in [0.15, 0.2) is 11.7 Å². The summed E-state index contributed by atoms with van der Waals surface area (Å²) in [6.45, 7) is 4.04. The fraction of sp³-hybridized carbons (Fsp3) is 0.444. The Balaban J connectivity index is 1.46. The van der Waals surface area contributed by atoms with E-state index in [0.717, 1.165) is 30.4 Å². The predicted octanol–water partition coefficient (Wildman–Crippen LogP) is 4.07. The molecule has 2 aliphatic heterocycles. The third-order valence-electron chi connectivity index (χ3n) is 8.79. The van der Waals surface area contributed by atoms with Crippen LogP contribution in [0.2, 0.25) is 0 Å². The molecule has 0 spiro atoms. The van der Waals surface area contributed by atoms with E-state index in [1.54, 1.807) is 36.1 Å². The number of amidine groups is 1. The van der Waals surface area contributed by atoms with Crippen LogP contribution in [0.4, 0.5) is 10.1 Å². The summed E-state index contributed by atoms with van der Waals surface area (Å²) < 4.78 is 43.7. The quantitative estimate of drug-likeness (QED) is 0.627. The molecular formula is C27H28FN3O4S. The van der Waals surface area contributed by atoms with Gasteiger partial charge in [0.2, 0.25) is 5.91 Å². The van der Waals surface area contributed by atoms with Crippen molar-refractivity contribution in [2.24, 2.45) is 28.1 Å². The molecule has 1 amide bonds. The minimum absolute atomic E-state index is 0.0351. The number of benzene rings is 2. The molecular weight excluding hydrogens is 481 g/mol. The second-order valence-electron chi connectivity index (χ2n) is 10.6. The molecule has 3 fully saturated rings. The first-order chi connectivity index (χ1) is 17.2. The molecule has 9 heteroatoms.